The van der Waals surface area contributed by atoms with Crippen molar-refractivity contribution < 1.29 is 4.42 Å². The number of nitrogens with two attached hydrogens (primary N) is 1. The molecule has 5 heteroatoms. The van der Waals surface area contributed by atoms with E-state index >= 15 is 0 Å². The number of fused-ring (bicyclic) bond motifs is 1. The number of H-pyrrole nitrogens is 1. The van der Waals surface area contributed by atoms with E-state index in [0.29, 0.717) is 23.2 Å². The van der Waals surface area contributed by atoms with Gasteiger partial charge in [0.1, 0.15) is 0 Å². The van der Waals surface area contributed by atoms with Crippen LogP contribution >= 0.6 is 0 Å². The number of aryl methyl sites for hydroxylation is 2. The first kappa shape index (κ1) is 9.89. The molecule has 0 fully saturated rings. The first-order valence-corrected chi connectivity index (χ1v) is 5.33. The number of benzene rings is 1. The summed E-state index contributed by atoms with van der Waals surface area (Å²) in [5, 5.41) is 0. The first-order chi connectivity index (χ1) is 8.13. The summed E-state index contributed by atoms with van der Waals surface area (Å²) in [5.74, 6) is 2.00. The number of hydrogen-bond acceptors (Lipinski definition) is 4. The third kappa shape index (κ3) is 1.56. The number of imidazole rings is 1. The Hall–Kier alpha value is -2.30. The van der Waals surface area contributed by atoms with Crippen LogP contribution in [0.25, 0.3) is 22.6 Å². The number of anilines is 1. The Morgan fingerprint density at radius 2 is 2.06 bits per heavy atom. The van der Waals surface area contributed by atoms with Gasteiger partial charge in [0.25, 0.3) is 0 Å². The van der Waals surface area contributed by atoms with Crippen LogP contribution in [-0.4, -0.2) is 15.0 Å². The van der Waals surface area contributed by atoms with Crippen molar-refractivity contribution in [1.29, 1.82) is 0 Å². The van der Waals surface area contributed by atoms with E-state index in [0.717, 1.165) is 16.7 Å². The Morgan fingerprint density at radius 1 is 1.24 bits per heavy atom. The van der Waals surface area contributed by atoms with Gasteiger partial charge in [0, 0.05) is 12.6 Å². The molecule has 2 heterocycles. The summed E-state index contributed by atoms with van der Waals surface area (Å²) in [5.41, 5.74) is 9.02. The highest BCUT2D eigenvalue weighted by Gasteiger charge is 2.13. The number of aromatic amines is 1. The summed E-state index contributed by atoms with van der Waals surface area (Å²) in [7, 11) is 0. The molecule has 0 atom stereocenters. The van der Waals surface area contributed by atoms with E-state index < -0.39 is 0 Å². The van der Waals surface area contributed by atoms with Crippen LogP contribution in [0.1, 0.15) is 11.6 Å². The number of nitrogen functional groups attached to an aromatic ring is 1. The number of aromatic nitrogens is 3. The zero-order chi connectivity index (χ0) is 12.0. The Balaban J connectivity index is 2.21. The lowest BCUT2D eigenvalue weighted by molar-refractivity contribution is 0.531. The average Bonchev–Trinajstić information content (AvgIpc) is 2.80. The maximum atomic E-state index is 5.72. The van der Waals surface area contributed by atoms with Gasteiger partial charge in [0.05, 0.1) is 16.7 Å². The molecule has 0 aliphatic heterocycles. The van der Waals surface area contributed by atoms with Gasteiger partial charge in [0.15, 0.2) is 17.5 Å². The monoisotopic (exact) mass is 228 g/mol. The van der Waals surface area contributed by atoms with Gasteiger partial charge in [0.2, 0.25) is 0 Å². The molecule has 0 amide bonds. The highest BCUT2D eigenvalue weighted by atomic mass is 16.4. The number of hydrogen-bond donors (Lipinski definition) is 2. The Bertz CT molecular complexity index is 696. The number of rotatable bonds is 1. The smallest absolute Gasteiger partial charge is 0.192 e. The molecule has 17 heavy (non-hydrogen) atoms. The Morgan fingerprint density at radius 3 is 2.76 bits per heavy atom. The van der Waals surface area contributed by atoms with E-state index in [2.05, 4.69) is 15.0 Å². The molecule has 0 unspecified atom stereocenters. The molecule has 3 aromatic rings. The molecular formula is C12H12N4O. The fraction of sp³-hybridized carbons (Fsp3) is 0.167. The lowest BCUT2D eigenvalue weighted by Crippen LogP contribution is -1.82. The molecule has 0 saturated heterocycles. The molecule has 3 rings (SSSR count). The summed E-state index contributed by atoms with van der Waals surface area (Å²) in [6.45, 7) is 3.71. The summed E-state index contributed by atoms with van der Waals surface area (Å²) in [4.78, 5) is 11.9. The SMILES string of the molecule is Cc1nc(C)c(-c2nc3ccc(N)cc3[nH]2)o1. The third-order valence-electron chi connectivity index (χ3n) is 2.62. The quantitative estimate of drug-likeness (QED) is 0.627. The van der Waals surface area contributed by atoms with Crippen LogP contribution in [0.4, 0.5) is 5.69 Å². The fourth-order valence-corrected chi connectivity index (χ4v) is 1.89. The van der Waals surface area contributed by atoms with E-state index in [1.54, 1.807) is 0 Å². The van der Waals surface area contributed by atoms with Crippen molar-refractivity contribution in [1.82, 2.24) is 15.0 Å². The average molecular weight is 228 g/mol. The maximum absolute atomic E-state index is 5.72. The highest BCUT2D eigenvalue weighted by molar-refractivity contribution is 5.81. The van der Waals surface area contributed by atoms with Crippen LogP contribution in [0.3, 0.4) is 0 Å². The lowest BCUT2D eigenvalue weighted by Gasteiger charge is -1.90. The van der Waals surface area contributed by atoms with Crippen molar-refractivity contribution in [2.75, 3.05) is 5.73 Å². The zero-order valence-corrected chi connectivity index (χ0v) is 9.61. The van der Waals surface area contributed by atoms with Crippen molar-refractivity contribution in [2.24, 2.45) is 0 Å². The zero-order valence-electron chi connectivity index (χ0n) is 9.61. The molecule has 3 N–H and O–H groups in total. The Kier molecular flexibility index (Phi) is 1.95. The van der Waals surface area contributed by atoms with Crippen LogP contribution in [-0.2, 0) is 0 Å². The van der Waals surface area contributed by atoms with Crippen molar-refractivity contribution in [2.45, 2.75) is 13.8 Å². The minimum absolute atomic E-state index is 0.637. The summed E-state index contributed by atoms with van der Waals surface area (Å²) in [6, 6.07) is 5.55. The summed E-state index contributed by atoms with van der Waals surface area (Å²) in [6.07, 6.45) is 0. The summed E-state index contributed by atoms with van der Waals surface area (Å²) >= 11 is 0. The number of oxazole rings is 1. The van der Waals surface area contributed by atoms with Crippen molar-refractivity contribution in [3.63, 3.8) is 0 Å². The van der Waals surface area contributed by atoms with E-state index in [9.17, 15) is 0 Å². The van der Waals surface area contributed by atoms with Crippen LogP contribution in [0.2, 0.25) is 0 Å². The van der Waals surface area contributed by atoms with E-state index in [-0.39, 0.29) is 0 Å². The number of nitrogens with one attached hydrogen (secondary N) is 1. The predicted molar refractivity (Wildman–Crippen MR) is 65.5 cm³/mol. The molecule has 5 nitrogen and oxygen atoms in total. The van der Waals surface area contributed by atoms with Crippen molar-refractivity contribution in [3.05, 3.63) is 29.8 Å². The lowest BCUT2D eigenvalue weighted by atomic mass is 10.3. The molecule has 0 bridgehead atoms. The van der Waals surface area contributed by atoms with E-state index in [1.807, 2.05) is 32.0 Å². The number of nitrogens with zero attached hydrogens (tertiary/aromatic N) is 2. The fourth-order valence-electron chi connectivity index (χ4n) is 1.89. The van der Waals surface area contributed by atoms with Crippen LogP contribution < -0.4 is 5.73 Å². The molecule has 2 aromatic heterocycles. The topological polar surface area (TPSA) is 80.7 Å². The van der Waals surface area contributed by atoms with Gasteiger partial charge >= 0.3 is 0 Å². The van der Waals surface area contributed by atoms with Gasteiger partial charge in [-0.05, 0) is 25.1 Å². The van der Waals surface area contributed by atoms with Gasteiger partial charge in [-0.2, -0.15) is 0 Å². The van der Waals surface area contributed by atoms with Crippen LogP contribution in [0.5, 0.6) is 0 Å². The van der Waals surface area contributed by atoms with Crippen molar-refractivity contribution >= 4 is 16.7 Å². The van der Waals surface area contributed by atoms with E-state index in [1.165, 1.54) is 0 Å². The molecular weight excluding hydrogens is 216 g/mol. The molecule has 0 spiro atoms. The molecule has 0 saturated carbocycles. The molecule has 0 aliphatic carbocycles. The van der Waals surface area contributed by atoms with Gasteiger partial charge in [-0.15, -0.1) is 0 Å². The Labute approximate surface area is 97.7 Å². The van der Waals surface area contributed by atoms with Gasteiger partial charge in [-0.3, -0.25) is 0 Å². The highest BCUT2D eigenvalue weighted by Crippen LogP contribution is 2.25. The molecule has 1 aromatic carbocycles. The van der Waals surface area contributed by atoms with Gasteiger partial charge in [-0.1, -0.05) is 0 Å². The van der Waals surface area contributed by atoms with Crippen LogP contribution in [0.15, 0.2) is 22.6 Å². The second kappa shape index (κ2) is 3.35. The minimum Gasteiger partial charge on any atom is -0.437 e. The molecule has 0 radical (unpaired) electrons. The van der Waals surface area contributed by atoms with Gasteiger partial charge in [-0.25, -0.2) is 9.97 Å². The first-order valence-electron chi connectivity index (χ1n) is 5.33. The second-order valence-corrected chi connectivity index (χ2v) is 4.01. The van der Waals surface area contributed by atoms with Crippen LogP contribution in [0, 0.1) is 13.8 Å². The predicted octanol–water partition coefficient (Wildman–Crippen LogP) is 2.42. The normalized spacial score (nSPS) is 11.2. The van der Waals surface area contributed by atoms with E-state index in [4.69, 9.17) is 10.2 Å². The molecule has 0 aliphatic rings. The second-order valence-electron chi connectivity index (χ2n) is 4.01. The van der Waals surface area contributed by atoms with Crippen molar-refractivity contribution in [3.8, 4) is 11.6 Å². The minimum atomic E-state index is 0.637. The van der Waals surface area contributed by atoms with Gasteiger partial charge < -0.3 is 15.1 Å². The maximum Gasteiger partial charge on any atom is 0.192 e. The summed E-state index contributed by atoms with van der Waals surface area (Å²) < 4.78 is 5.52. The largest absolute Gasteiger partial charge is 0.437 e. The third-order valence-corrected chi connectivity index (χ3v) is 2.62. The standard InChI is InChI=1S/C12H12N4O/c1-6-11(17-7(2)14-6)12-15-9-4-3-8(13)5-10(9)16-12/h3-5H,13H2,1-2H3,(H,15,16). The molecule has 86 valence electrons.